The smallest absolute Gasteiger partial charge is 0.423 e. The number of anilines is 6. The van der Waals surface area contributed by atoms with Gasteiger partial charge in [-0.05, 0) is 156 Å². The third-order valence-corrected chi connectivity index (χ3v) is 41.9. The number of halogens is 3. The Morgan fingerprint density at radius 1 is 0.440 bits per heavy atom. The second-order valence-corrected chi connectivity index (χ2v) is 50.2. The van der Waals surface area contributed by atoms with Crippen molar-refractivity contribution in [3.05, 3.63) is 334 Å². The van der Waals surface area contributed by atoms with Gasteiger partial charge in [0.2, 0.25) is 29.0 Å². The van der Waals surface area contributed by atoms with Crippen LogP contribution in [0, 0.1) is 20.8 Å². The molecule has 0 spiro atoms. The van der Waals surface area contributed by atoms with Gasteiger partial charge >= 0.3 is 135 Å². The Labute approximate surface area is 810 Å². The molecule has 0 radical (unpaired) electrons. The first-order chi connectivity index (χ1) is 64.5. The fourth-order valence-electron chi connectivity index (χ4n) is 15.9. The molecule has 35 heteroatoms. The average molecular weight is 2060 g/mol. The number of nitrogens with two attached hydrogens (primary N) is 3. The van der Waals surface area contributed by atoms with E-state index < -0.39 is 25.5 Å². The molecule has 0 saturated heterocycles. The molecular weight excluding hydrogens is 1960 g/mol. The molecule has 0 bridgehead atoms. The van der Waals surface area contributed by atoms with E-state index in [1.54, 1.807) is 97.2 Å². The molecule has 27 nitrogen and oxygen atoms in total. The van der Waals surface area contributed by atoms with Crippen LogP contribution in [0.15, 0.2) is 264 Å². The molecule has 11 N–H and O–H groups in total. The van der Waals surface area contributed by atoms with E-state index in [0.717, 1.165) is 94.0 Å². The molecule has 17 rings (SSSR count). The molecule has 0 aliphatic carbocycles. The molecule has 3 atom stereocenters. The van der Waals surface area contributed by atoms with Crippen molar-refractivity contribution in [3.8, 4) is 50.7 Å². The second kappa shape index (κ2) is 45.6. The number of nitrogens with one attached hydrogen (secondary N) is 3. The third-order valence-electron chi connectivity index (χ3n) is 22.7. The van der Waals surface area contributed by atoms with Crippen LogP contribution in [0.4, 0.5) is 35.3 Å². The van der Waals surface area contributed by atoms with Crippen LogP contribution in [0.2, 0.25) is 23.4 Å². The zero-order valence-corrected chi connectivity index (χ0v) is 84.4. The first-order valence-corrected chi connectivity index (χ1v) is 55.5. The number of pyridine rings is 5. The van der Waals surface area contributed by atoms with Gasteiger partial charge in [0.15, 0.2) is 0 Å². The summed E-state index contributed by atoms with van der Waals surface area (Å²) >= 11 is 19.0. The Morgan fingerprint density at radius 3 is 1.20 bits per heavy atom. The summed E-state index contributed by atoms with van der Waals surface area (Å²) in [5, 5.41) is 41.8. The standard InChI is InChI=1S/C31H27N7O2S.C25H21ClN6OS.C21H17BrClN5O.C6H8BNO3.C4H4NS.3C4H9.Sn/c1-18(34-29-24(15-33-31(32)36-29)25-17-41-19(2)35-25)26-14-20-8-7-11-23(21-12-13-27(39)37(3)16-21)28(20)30(40)38(26)22-9-5-4-6-10-22;1-14(29-23-18(12-28-25(27)31-23)20-13-34-15(2)30-20)21-11-16-7-6-10-19(26)22(16)24(33)32(21)17-8-4-3-5-9-17;1-12(26-19-15(22)11-25-21(24)27-19)17-10-13-6-5-9-16(23)18(13)20(29)28(17)14-7-3-2-4-8-14;1-8-4-5(7(10)11)2-3-6(8)9;1-4-5-2-3-6-4;3*1-3-4-2;/h4-18H,1-3H3,(H3,32,33,34,36);3-14H,1-2H3,(H3,27,28,29,31);2-12H,1H3,(H3,24,25,26,27);2-4,10-11H,1H3;3H,1H3;3*1,3-4H2,2H3;/t18-;14-;12-;;;;;;/m000....../s1. The largest absolute Gasteiger partial charge is 0.489 e. The minimum Gasteiger partial charge on any atom is -0.423 e. The third kappa shape index (κ3) is 23.7. The van der Waals surface area contributed by atoms with Crippen molar-refractivity contribution in [1.29, 1.82) is 0 Å². The SMILES string of the molecule is CCC[CH2][Sn]([CH2]CCC)([CH2]CCC)[c]1csc(C)n1.C[C@H](Nc1nc(N)ncc1Br)c1cc2cccc(Cl)c2c(=O)n1-c1ccccc1.Cc1nc(-c2cnc(N)nc2N[C@@H](C)c2cc3cccc(-c4ccc(=O)n(C)c4)c3c(=O)n2-c2ccccc2)cs1.Cc1nc(-c2cnc(N)nc2N[C@@H](C)c2cc3cccc(Cl)c3c(=O)n2-c2ccccc2)cs1.Cn1cc(B(O)O)ccc1=O. The number of thiazole rings is 3. The predicted molar refractivity (Wildman–Crippen MR) is 557 cm³/mol. The molecule has 0 amide bonds. The maximum absolute atomic E-state index is 14.4. The molecule has 0 aliphatic rings. The van der Waals surface area contributed by atoms with Gasteiger partial charge < -0.3 is 52.3 Å². The van der Waals surface area contributed by atoms with Gasteiger partial charge in [-0.3, -0.25) is 37.7 Å². The van der Waals surface area contributed by atoms with E-state index in [9.17, 15) is 24.0 Å². The monoisotopic (exact) mass is 2060 g/mol. The van der Waals surface area contributed by atoms with Gasteiger partial charge in [0.05, 0.1) is 81.3 Å². The van der Waals surface area contributed by atoms with Gasteiger partial charge in [-0.2, -0.15) is 15.0 Å². The molecule has 0 saturated carbocycles. The van der Waals surface area contributed by atoms with E-state index in [2.05, 4.69) is 105 Å². The van der Waals surface area contributed by atoms with Crippen molar-refractivity contribution in [2.45, 2.75) is 132 Å². The quantitative estimate of drug-likeness (QED) is 0.0233. The fraction of sp³-hybridized carbons (Fsp3) is 0.232. The van der Waals surface area contributed by atoms with Crippen LogP contribution in [0.1, 0.15) is 130 Å². The van der Waals surface area contributed by atoms with Crippen molar-refractivity contribution < 1.29 is 10.0 Å². The molecule has 0 unspecified atom stereocenters. The van der Waals surface area contributed by atoms with Gasteiger partial charge in [-0.1, -0.05) is 126 Å². The summed E-state index contributed by atoms with van der Waals surface area (Å²) < 4.78 is 14.8. The van der Waals surface area contributed by atoms with Gasteiger partial charge in [0.25, 0.3) is 16.7 Å². The first kappa shape index (κ1) is 99.1. The molecule has 17 aromatic rings. The summed E-state index contributed by atoms with van der Waals surface area (Å²) in [6.45, 7) is 19.0. The molecular formula is C99H104BBrCl2N20O7S3Sn. The zero-order chi connectivity index (χ0) is 95.6. The summed E-state index contributed by atoms with van der Waals surface area (Å²) in [4.78, 5) is 104. The molecule has 6 aromatic carbocycles. The van der Waals surface area contributed by atoms with Crippen LogP contribution in [-0.2, 0) is 14.1 Å². The van der Waals surface area contributed by atoms with Gasteiger partial charge in [0, 0.05) is 102 Å². The minimum atomic E-state index is -2.18. The number of hydrogen-bond acceptors (Lipinski definition) is 25. The van der Waals surface area contributed by atoms with Crippen LogP contribution in [0.5, 0.6) is 0 Å². The number of hydrogen-bond donors (Lipinski definition) is 8. The zero-order valence-electron chi connectivity index (χ0n) is 76.0. The van der Waals surface area contributed by atoms with Crippen molar-refractivity contribution in [3.63, 3.8) is 0 Å². The van der Waals surface area contributed by atoms with Crippen LogP contribution in [0.25, 0.3) is 83.0 Å². The van der Waals surface area contributed by atoms with E-state index in [-0.39, 0.29) is 63.8 Å². The number of aryl methyl sites for hydroxylation is 5. The Balaban J connectivity index is 0.000000150. The number of fused-ring (bicyclic) bond motifs is 3. The number of nitrogen functional groups attached to an aromatic ring is 3. The fourth-order valence-corrected chi connectivity index (χ4v) is 35.9. The molecule has 688 valence electrons. The minimum absolute atomic E-state index is 0.115. The Kier molecular flexibility index (Phi) is 33.7. The summed E-state index contributed by atoms with van der Waals surface area (Å²) in [5.74, 6) is 2.06. The number of nitrogens with zero attached hydrogens (tertiary/aromatic N) is 14. The Bertz CT molecular complexity index is 7310. The number of aromatic nitrogens is 14. The molecule has 11 aromatic heterocycles. The van der Waals surface area contributed by atoms with E-state index in [1.165, 1.54) is 90.4 Å². The molecule has 0 fully saturated rings. The van der Waals surface area contributed by atoms with E-state index in [0.29, 0.717) is 53.6 Å². The number of unbranched alkanes of at least 4 members (excludes halogenated alkanes) is 3. The Hall–Kier alpha value is -12.4. The molecule has 134 heavy (non-hydrogen) atoms. The van der Waals surface area contributed by atoms with E-state index >= 15 is 0 Å². The number of rotatable bonds is 26. The summed E-state index contributed by atoms with van der Waals surface area (Å²) in [5.41, 5.74) is 26.1. The van der Waals surface area contributed by atoms with Gasteiger partial charge in [-0.25, -0.2) is 24.9 Å². The van der Waals surface area contributed by atoms with Crippen LogP contribution in [-0.4, -0.2) is 103 Å². The van der Waals surface area contributed by atoms with E-state index in [1.807, 2.05) is 208 Å². The van der Waals surface area contributed by atoms with Crippen LogP contribution >= 0.6 is 73.1 Å². The van der Waals surface area contributed by atoms with Gasteiger partial charge in [-0.15, -0.1) is 22.7 Å². The summed E-state index contributed by atoms with van der Waals surface area (Å²) in [6.07, 6.45) is 16.4. The first-order valence-electron chi connectivity index (χ1n) is 43.8. The molecule has 0 aliphatic heterocycles. The van der Waals surface area contributed by atoms with Crippen molar-refractivity contribution in [2.75, 3.05) is 33.2 Å². The topological polar surface area (TPSA) is 381 Å². The predicted octanol–water partition coefficient (Wildman–Crippen LogP) is 19.5. The maximum atomic E-state index is 14.4. The second-order valence-electron chi connectivity index (χ2n) is 32.3. The van der Waals surface area contributed by atoms with Crippen LogP contribution in [0.3, 0.4) is 0 Å². The van der Waals surface area contributed by atoms with Crippen molar-refractivity contribution >= 4 is 175 Å². The van der Waals surface area contributed by atoms with Crippen molar-refractivity contribution in [2.24, 2.45) is 14.1 Å². The Morgan fingerprint density at radius 2 is 0.813 bits per heavy atom. The normalized spacial score (nSPS) is 11.9. The van der Waals surface area contributed by atoms with Crippen molar-refractivity contribution in [1.82, 2.24) is 67.7 Å². The van der Waals surface area contributed by atoms with E-state index in [4.69, 9.17) is 55.4 Å². The maximum Gasteiger partial charge on any atom is 0.489 e. The van der Waals surface area contributed by atoms with Crippen LogP contribution < -0.4 is 70.1 Å². The molecule has 11 heterocycles. The summed E-state index contributed by atoms with van der Waals surface area (Å²) in [7, 11) is 1.74. The van der Waals surface area contributed by atoms with Gasteiger partial charge in [0.1, 0.15) is 17.5 Å². The average Bonchev–Trinajstić information content (AvgIpc) is 0.872. The number of benzene rings is 6. The summed E-state index contributed by atoms with van der Waals surface area (Å²) in [6, 6.07) is 56.1. The number of para-hydroxylation sites is 3.